The van der Waals surface area contributed by atoms with E-state index in [0.29, 0.717) is 0 Å². The van der Waals surface area contributed by atoms with Gasteiger partial charge >= 0.3 is 12.4 Å². The lowest BCUT2D eigenvalue weighted by molar-refractivity contribution is -0.310. The van der Waals surface area contributed by atoms with E-state index in [9.17, 15) is 35.9 Å². The fourth-order valence-electron chi connectivity index (χ4n) is 3.67. The molecule has 1 atom stereocenters. The first-order valence-electron chi connectivity index (χ1n) is 10.8. The summed E-state index contributed by atoms with van der Waals surface area (Å²) in [6, 6.07) is 15.9. The first kappa shape index (κ1) is 27.5. The van der Waals surface area contributed by atoms with Gasteiger partial charge in [0.15, 0.2) is 0 Å². The fourth-order valence-corrected chi connectivity index (χ4v) is 3.67. The summed E-state index contributed by atoms with van der Waals surface area (Å²) in [5.74, 6) is -6.24. The maximum absolute atomic E-state index is 14.6. The molecule has 1 unspecified atom stereocenters. The molecule has 196 valence electrons. The number of amides is 2. The largest absolute Gasteiger partial charge is 0.467 e. The zero-order valence-electron chi connectivity index (χ0n) is 19.2. The van der Waals surface area contributed by atoms with Gasteiger partial charge in [-0.05, 0) is 43.3 Å². The van der Waals surface area contributed by atoms with Crippen LogP contribution in [0.1, 0.15) is 23.0 Å². The van der Waals surface area contributed by atoms with Gasteiger partial charge in [-0.2, -0.15) is 26.3 Å². The highest BCUT2D eigenvalue weighted by Crippen LogP contribution is 2.49. The molecule has 1 aromatic heterocycles. The summed E-state index contributed by atoms with van der Waals surface area (Å²) in [4.78, 5) is 29.7. The smallest absolute Gasteiger partial charge is 0.421 e. The molecule has 6 nitrogen and oxygen atoms in total. The van der Waals surface area contributed by atoms with E-state index >= 15 is 0 Å². The van der Waals surface area contributed by atoms with E-state index in [4.69, 9.17) is 4.42 Å². The number of rotatable bonds is 8. The Morgan fingerprint density at radius 2 is 1.43 bits per heavy atom. The molecule has 37 heavy (non-hydrogen) atoms. The Morgan fingerprint density at radius 1 is 0.865 bits per heavy atom. The standard InChI is InChI=1S/C25H21F6N3O3/c1-16(32-15-19-13-8-14-37-19)20(22(36)33-18-11-6-3-7-12-18)23(24(26,27)28,25(29,30)31)34-21(35)17-9-4-2-5-10-17/h2-14,20H,15H2,1H3,(H,33,36)(H,34,35). The van der Waals surface area contributed by atoms with Crippen LogP contribution in [-0.4, -0.2) is 35.4 Å². The number of carbonyl (C=O) groups excluding carboxylic acids is 2. The number of aliphatic imine (C=N–C) groups is 1. The van der Waals surface area contributed by atoms with Crippen LogP contribution < -0.4 is 10.6 Å². The number of alkyl halides is 6. The van der Waals surface area contributed by atoms with E-state index in [0.717, 1.165) is 24.4 Å². The predicted octanol–water partition coefficient (Wildman–Crippen LogP) is 5.79. The minimum atomic E-state index is -6.17. The molecular formula is C25H21F6N3O3. The van der Waals surface area contributed by atoms with Crippen molar-refractivity contribution >= 4 is 23.2 Å². The van der Waals surface area contributed by atoms with E-state index in [-0.39, 0.29) is 11.4 Å². The van der Waals surface area contributed by atoms with Gasteiger partial charge < -0.3 is 15.1 Å². The summed E-state index contributed by atoms with van der Waals surface area (Å²) in [6.45, 7) is 0.422. The fraction of sp³-hybridized carbons (Fsp3) is 0.240. The van der Waals surface area contributed by atoms with Crippen LogP contribution in [-0.2, 0) is 11.3 Å². The second kappa shape index (κ2) is 10.9. The summed E-state index contributed by atoms with van der Waals surface area (Å²) < 4.78 is 92.5. The molecule has 0 saturated carbocycles. The Labute approximate surface area is 207 Å². The summed E-state index contributed by atoms with van der Waals surface area (Å²) in [7, 11) is 0. The Morgan fingerprint density at radius 3 is 1.95 bits per heavy atom. The maximum Gasteiger partial charge on any atom is 0.421 e. The van der Waals surface area contributed by atoms with Crippen LogP contribution in [0.2, 0.25) is 0 Å². The average Bonchev–Trinajstić information content (AvgIpc) is 3.35. The third kappa shape index (κ3) is 6.01. The molecule has 0 aliphatic heterocycles. The van der Waals surface area contributed by atoms with Gasteiger partial charge in [0.1, 0.15) is 11.7 Å². The molecule has 0 saturated heterocycles. The van der Waals surface area contributed by atoms with Gasteiger partial charge in [0.05, 0.1) is 12.8 Å². The van der Waals surface area contributed by atoms with Gasteiger partial charge in [0, 0.05) is 17.0 Å². The molecule has 3 rings (SSSR count). The first-order valence-corrected chi connectivity index (χ1v) is 10.8. The van der Waals surface area contributed by atoms with Crippen molar-refractivity contribution in [3.05, 3.63) is 90.4 Å². The Hall–Kier alpha value is -4.09. The second-order valence-electron chi connectivity index (χ2n) is 7.95. The minimum Gasteiger partial charge on any atom is -0.467 e. The van der Waals surface area contributed by atoms with E-state index in [2.05, 4.69) is 10.3 Å². The van der Waals surface area contributed by atoms with Crippen molar-refractivity contribution < 1.29 is 40.3 Å². The molecule has 0 bridgehead atoms. The molecule has 12 heteroatoms. The van der Waals surface area contributed by atoms with E-state index in [1.54, 1.807) is 6.07 Å². The van der Waals surface area contributed by atoms with Crippen LogP contribution in [0.5, 0.6) is 0 Å². The van der Waals surface area contributed by atoms with E-state index in [1.807, 2.05) is 0 Å². The second-order valence-corrected chi connectivity index (χ2v) is 7.95. The Kier molecular flexibility index (Phi) is 8.09. The van der Waals surface area contributed by atoms with E-state index in [1.165, 1.54) is 60.9 Å². The minimum absolute atomic E-state index is 0.0519. The van der Waals surface area contributed by atoms with Crippen LogP contribution >= 0.6 is 0 Å². The van der Waals surface area contributed by atoms with Crippen LogP contribution in [0.4, 0.5) is 32.0 Å². The zero-order valence-corrected chi connectivity index (χ0v) is 19.2. The topological polar surface area (TPSA) is 83.7 Å². The monoisotopic (exact) mass is 525 g/mol. The summed E-state index contributed by atoms with van der Waals surface area (Å²) in [5, 5.41) is 3.20. The highest BCUT2D eigenvalue weighted by molar-refractivity contribution is 6.10. The quantitative estimate of drug-likeness (QED) is 0.289. The molecule has 0 spiro atoms. The van der Waals surface area contributed by atoms with Gasteiger partial charge in [-0.25, -0.2) is 0 Å². The van der Waals surface area contributed by atoms with Gasteiger partial charge in [0.25, 0.3) is 5.91 Å². The van der Waals surface area contributed by atoms with Crippen LogP contribution in [0.25, 0.3) is 0 Å². The van der Waals surface area contributed by atoms with E-state index < -0.39 is 53.4 Å². The van der Waals surface area contributed by atoms with Crippen molar-refractivity contribution in [3.8, 4) is 0 Å². The van der Waals surface area contributed by atoms with Gasteiger partial charge in [-0.15, -0.1) is 0 Å². The normalized spacial score (nSPS) is 13.6. The van der Waals surface area contributed by atoms with Crippen LogP contribution in [0, 0.1) is 5.92 Å². The lowest BCUT2D eigenvalue weighted by atomic mass is 9.78. The lowest BCUT2D eigenvalue weighted by Crippen LogP contribution is -2.74. The van der Waals surface area contributed by atoms with Crippen molar-refractivity contribution in [2.75, 3.05) is 5.32 Å². The number of hydrogen-bond donors (Lipinski definition) is 2. The lowest BCUT2D eigenvalue weighted by Gasteiger charge is -2.42. The van der Waals surface area contributed by atoms with Crippen LogP contribution in [0.15, 0.2) is 88.5 Å². The van der Waals surface area contributed by atoms with Gasteiger partial charge in [-0.3, -0.25) is 14.6 Å². The summed E-state index contributed by atoms with van der Waals surface area (Å²) in [6.07, 6.45) is -11.1. The summed E-state index contributed by atoms with van der Waals surface area (Å²) in [5.41, 5.74) is -6.37. The number of carbonyl (C=O) groups is 2. The number of furan rings is 1. The Balaban J connectivity index is 2.19. The van der Waals surface area contributed by atoms with Gasteiger partial charge in [0.2, 0.25) is 11.4 Å². The van der Waals surface area contributed by atoms with Crippen molar-refractivity contribution in [1.29, 1.82) is 0 Å². The van der Waals surface area contributed by atoms with Crippen molar-refractivity contribution in [3.63, 3.8) is 0 Å². The Bertz CT molecular complexity index is 1210. The summed E-state index contributed by atoms with van der Waals surface area (Å²) >= 11 is 0. The number of anilines is 1. The molecule has 0 radical (unpaired) electrons. The maximum atomic E-state index is 14.6. The molecular weight excluding hydrogens is 504 g/mol. The number of nitrogens with zero attached hydrogens (tertiary/aromatic N) is 1. The molecule has 0 aliphatic carbocycles. The highest BCUT2D eigenvalue weighted by Gasteiger charge is 2.77. The van der Waals surface area contributed by atoms with Crippen molar-refractivity contribution in [2.45, 2.75) is 31.4 Å². The molecule has 2 amide bonds. The predicted molar refractivity (Wildman–Crippen MR) is 123 cm³/mol. The van der Waals surface area contributed by atoms with Crippen molar-refractivity contribution in [1.82, 2.24) is 5.32 Å². The molecule has 3 aromatic rings. The third-order valence-corrected chi connectivity index (χ3v) is 5.46. The zero-order chi connectivity index (χ0) is 27.3. The number of nitrogens with one attached hydrogen (secondary N) is 2. The molecule has 2 aromatic carbocycles. The first-order chi connectivity index (χ1) is 17.4. The highest BCUT2D eigenvalue weighted by atomic mass is 19.4. The molecule has 0 fully saturated rings. The third-order valence-electron chi connectivity index (χ3n) is 5.46. The number of halogens is 6. The number of para-hydroxylation sites is 1. The SMILES string of the molecule is CC(=NCc1ccco1)C(C(=O)Nc1ccccc1)C(NC(=O)c1ccccc1)(C(F)(F)F)C(F)(F)F. The number of benzene rings is 2. The van der Waals surface area contributed by atoms with Crippen LogP contribution in [0.3, 0.4) is 0 Å². The average molecular weight is 525 g/mol. The number of hydrogen-bond acceptors (Lipinski definition) is 4. The van der Waals surface area contributed by atoms with Gasteiger partial charge in [-0.1, -0.05) is 36.4 Å². The molecule has 2 N–H and O–H groups in total. The molecule has 0 aliphatic rings. The molecule has 1 heterocycles. The van der Waals surface area contributed by atoms with Crippen molar-refractivity contribution in [2.24, 2.45) is 10.9 Å².